The molecule has 2 aliphatic carbocycles. The maximum absolute atomic E-state index is 12.9. The molecule has 1 aromatic carbocycles. The summed E-state index contributed by atoms with van der Waals surface area (Å²) in [6.45, 7) is 5.40. The third-order valence-corrected chi connectivity index (χ3v) is 8.23. The number of alkyl halides is 3. The van der Waals surface area contributed by atoms with Gasteiger partial charge in [-0.2, -0.15) is 13.2 Å². The van der Waals surface area contributed by atoms with Crippen LogP contribution in [0.2, 0.25) is 0 Å². The number of nitrogens with one attached hydrogen (secondary N) is 1. The van der Waals surface area contributed by atoms with Crippen molar-refractivity contribution in [3.63, 3.8) is 0 Å². The fourth-order valence-electron chi connectivity index (χ4n) is 4.80. The van der Waals surface area contributed by atoms with Gasteiger partial charge in [0.25, 0.3) is 0 Å². The summed E-state index contributed by atoms with van der Waals surface area (Å²) in [6.07, 6.45) is -2.71. The predicted molar refractivity (Wildman–Crippen MR) is 95.3 cm³/mol. The van der Waals surface area contributed by atoms with Gasteiger partial charge in [-0.3, -0.25) is 4.79 Å². The number of hydrogen-bond donors (Lipinski definition) is 1. The minimum absolute atomic E-state index is 0.0131. The molecule has 150 valence electrons. The highest BCUT2D eigenvalue weighted by molar-refractivity contribution is 7.89. The summed E-state index contributed by atoms with van der Waals surface area (Å²) in [5.74, 6) is -0.132. The zero-order valence-electron chi connectivity index (χ0n) is 15.6. The normalized spacial score (nSPS) is 28.5. The van der Waals surface area contributed by atoms with E-state index in [0.29, 0.717) is 12.8 Å². The van der Waals surface area contributed by atoms with Crippen molar-refractivity contribution in [2.45, 2.75) is 52.3 Å². The van der Waals surface area contributed by atoms with Gasteiger partial charge in [-0.1, -0.05) is 26.0 Å². The van der Waals surface area contributed by atoms with Crippen molar-refractivity contribution in [3.8, 4) is 0 Å². The van der Waals surface area contributed by atoms with Gasteiger partial charge in [0.15, 0.2) is 0 Å². The Morgan fingerprint density at radius 2 is 1.96 bits per heavy atom. The highest BCUT2D eigenvalue weighted by Crippen LogP contribution is 2.64. The number of carbonyl (C=O) groups excluding carboxylic acids is 1. The van der Waals surface area contributed by atoms with E-state index in [1.165, 1.54) is 19.1 Å². The van der Waals surface area contributed by atoms with E-state index in [0.717, 1.165) is 18.6 Å². The number of sulfonamides is 1. The second-order valence-electron chi connectivity index (χ2n) is 8.39. The number of halogens is 3. The SMILES string of the molecule is C[C@@H](NS(=O)(=O)C[C@@]12CC[C@@H](CC1=O)C2(C)C)c1cccc(C(F)(F)F)c1. The van der Waals surface area contributed by atoms with Crippen molar-refractivity contribution in [1.29, 1.82) is 0 Å². The first-order chi connectivity index (χ1) is 12.3. The third-order valence-electron chi connectivity index (χ3n) is 6.65. The molecule has 1 N–H and O–H groups in total. The van der Waals surface area contributed by atoms with Crippen LogP contribution in [0.5, 0.6) is 0 Å². The van der Waals surface area contributed by atoms with E-state index in [9.17, 15) is 26.4 Å². The smallest absolute Gasteiger partial charge is 0.299 e. The molecule has 0 radical (unpaired) electrons. The van der Waals surface area contributed by atoms with Gasteiger partial charge in [-0.25, -0.2) is 13.1 Å². The quantitative estimate of drug-likeness (QED) is 0.806. The zero-order valence-corrected chi connectivity index (χ0v) is 16.4. The van der Waals surface area contributed by atoms with Gasteiger partial charge in [0.2, 0.25) is 10.0 Å². The Bertz CT molecular complexity index is 863. The minimum atomic E-state index is -4.49. The summed E-state index contributed by atoms with van der Waals surface area (Å²) in [7, 11) is -3.86. The van der Waals surface area contributed by atoms with E-state index in [4.69, 9.17) is 0 Å². The van der Waals surface area contributed by atoms with Crippen LogP contribution in [-0.2, 0) is 21.0 Å². The van der Waals surface area contributed by atoms with Crippen LogP contribution in [0.4, 0.5) is 13.2 Å². The summed E-state index contributed by atoms with van der Waals surface area (Å²) in [4.78, 5) is 12.5. The predicted octanol–water partition coefficient (Wildman–Crippen LogP) is 4.08. The molecular weight excluding hydrogens is 379 g/mol. The molecule has 2 saturated carbocycles. The maximum Gasteiger partial charge on any atom is 0.416 e. The molecule has 0 saturated heterocycles. The van der Waals surface area contributed by atoms with Crippen LogP contribution in [-0.4, -0.2) is 20.0 Å². The number of Topliss-reactive ketones (excluding diaryl/α,β-unsaturated/α-hetero) is 1. The average Bonchev–Trinajstić information content (AvgIpc) is 2.87. The lowest BCUT2D eigenvalue weighted by Crippen LogP contribution is -2.45. The Morgan fingerprint density at radius 1 is 1.30 bits per heavy atom. The van der Waals surface area contributed by atoms with Crippen LogP contribution in [0.3, 0.4) is 0 Å². The van der Waals surface area contributed by atoms with Gasteiger partial charge in [0.1, 0.15) is 5.78 Å². The van der Waals surface area contributed by atoms with E-state index in [2.05, 4.69) is 4.72 Å². The van der Waals surface area contributed by atoms with E-state index < -0.39 is 38.6 Å². The molecule has 2 aliphatic rings. The molecule has 2 fully saturated rings. The van der Waals surface area contributed by atoms with Crippen molar-refractivity contribution < 1.29 is 26.4 Å². The number of carbonyl (C=O) groups is 1. The lowest BCUT2D eigenvalue weighted by atomic mass is 9.70. The van der Waals surface area contributed by atoms with Gasteiger partial charge in [0.05, 0.1) is 11.3 Å². The van der Waals surface area contributed by atoms with Gasteiger partial charge < -0.3 is 0 Å². The van der Waals surface area contributed by atoms with Crippen LogP contribution < -0.4 is 4.72 Å². The zero-order chi connectivity index (χ0) is 20.3. The minimum Gasteiger partial charge on any atom is -0.299 e. The molecule has 0 aromatic heterocycles. The number of benzene rings is 1. The average molecular weight is 403 g/mol. The second kappa shape index (κ2) is 6.30. The molecule has 0 heterocycles. The van der Waals surface area contributed by atoms with Crippen LogP contribution >= 0.6 is 0 Å². The van der Waals surface area contributed by atoms with Crippen LogP contribution in [0, 0.1) is 16.7 Å². The van der Waals surface area contributed by atoms with Crippen LogP contribution in [0.1, 0.15) is 57.2 Å². The Labute approximate surface area is 157 Å². The number of hydrogen-bond acceptors (Lipinski definition) is 3. The molecule has 1 aromatic rings. The molecule has 4 nitrogen and oxygen atoms in total. The molecule has 0 amide bonds. The summed E-state index contributed by atoms with van der Waals surface area (Å²) < 4.78 is 66.7. The Kier molecular flexibility index (Phi) is 4.75. The van der Waals surface area contributed by atoms with Gasteiger partial charge in [0, 0.05) is 17.9 Å². The van der Waals surface area contributed by atoms with Crippen molar-refractivity contribution >= 4 is 15.8 Å². The van der Waals surface area contributed by atoms with Gasteiger partial charge >= 0.3 is 6.18 Å². The van der Waals surface area contributed by atoms with Gasteiger partial charge in [-0.15, -0.1) is 0 Å². The summed E-state index contributed by atoms with van der Waals surface area (Å²) >= 11 is 0. The number of fused-ring (bicyclic) bond motifs is 2. The summed E-state index contributed by atoms with van der Waals surface area (Å²) in [5.41, 5.74) is -1.89. The largest absolute Gasteiger partial charge is 0.416 e. The molecule has 0 aliphatic heterocycles. The van der Waals surface area contributed by atoms with E-state index in [1.54, 1.807) is 0 Å². The monoisotopic (exact) mass is 403 g/mol. The van der Waals surface area contributed by atoms with Crippen LogP contribution in [0.25, 0.3) is 0 Å². The fourth-order valence-corrected chi connectivity index (χ4v) is 6.88. The molecule has 27 heavy (non-hydrogen) atoms. The Balaban J connectivity index is 1.80. The van der Waals surface area contributed by atoms with E-state index in [-0.39, 0.29) is 23.0 Å². The first kappa shape index (κ1) is 20.3. The Morgan fingerprint density at radius 3 is 2.48 bits per heavy atom. The molecule has 3 atom stereocenters. The molecule has 3 rings (SSSR count). The molecule has 8 heteroatoms. The first-order valence-corrected chi connectivity index (χ1v) is 10.6. The second-order valence-corrected chi connectivity index (χ2v) is 10.1. The summed E-state index contributed by atoms with van der Waals surface area (Å²) in [5, 5.41) is 0. The van der Waals surface area contributed by atoms with E-state index >= 15 is 0 Å². The van der Waals surface area contributed by atoms with Crippen molar-refractivity contribution in [2.75, 3.05) is 5.75 Å². The number of ketones is 1. The highest BCUT2D eigenvalue weighted by Gasteiger charge is 2.65. The lowest BCUT2D eigenvalue weighted by Gasteiger charge is -2.36. The first-order valence-electron chi connectivity index (χ1n) is 8.99. The molecular formula is C19H24F3NO3S. The Hall–Kier alpha value is -1.41. The van der Waals surface area contributed by atoms with Crippen molar-refractivity contribution in [2.24, 2.45) is 16.7 Å². The lowest BCUT2D eigenvalue weighted by molar-refractivity contribution is -0.137. The van der Waals surface area contributed by atoms with Crippen LogP contribution in [0.15, 0.2) is 24.3 Å². The molecule has 0 spiro atoms. The topological polar surface area (TPSA) is 63.2 Å². The van der Waals surface area contributed by atoms with Crippen molar-refractivity contribution in [1.82, 2.24) is 4.72 Å². The number of rotatable bonds is 5. The molecule has 0 unspecified atom stereocenters. The maximum atomic E-state index is 12.9. The standard InChI is InChI=1S/C19H24F3NO3S/c1-12(13-5-4-6-15(9-13)19(20,21)22)23-27(25,26)11-18-8-7-14(10-16(18)24)17(18,2)3/h4-6,9,12,14,23H,7-8,10-11H2,1-3H3/t12-,14+,18+/m1/s1. The summed E-state index contributed by atoms with van der Waals surface area (Å²) in [6, 6.07) is 3.78. The molecule has 2 bridgehead atoms. The van der Waals surface area contributed by atoms with Crippen molar-refractivity contribution in [3.05, 3.63) is 35.4 Å². The highest BCUT2D eigenvalue weighted by atomic mass is 32.2. The van der Waals surface area contributed by atoms with E-state index in [1.807, 2.05) is 13.8 Å². The third kappa shape index (κ3) is 3.42. The fraction of sp³-hybridized carbons (Fsp3) is 0.632. The van der Waals surface area contributed by atoms with Gasteiger partial charge in [-0.05, 0) is 48.8 Å².